The molecule has 0 radical (unpaired) electrons. The van der Waals surface area contributed by atoms with Gasteiger partial charge in [0.25, 0.3) is 0 Å². The molecule has 0 aliphatic heterocycles. The van der Waals surface area contributed by atoms with Gasteiger partial charge in [-0.1, -0.05) is 72.7 Å². The molecule has 2 aromatic carbocycles. The molecule has 2 aliphatic carbocycles. The monoisotopic (exact) mass is 748 g/mol. The van der Waals surface area contributed by atoms with Crippen LogP contribution in [0, 0.1) is 28.6 Å². The summed E-state index contributed by atoms with van der Waals surface area (Å²) >= 11 is 0. The average Bonchev–Trinajstić information content (AvgIpc) is 4.01. The third-order valence-electron chi connectivity index (χ3n) is 9.96. The minimum absolute atomic E-state index is 0.0342. The zero-order valence-corrected chi connectivity index (χ0v) is 34.9. The van der Waals surface area contributed by atoms with E-state index in [1.807, 2.05) is 58.9 Å². The van der Waals surface area contributed by atoms with Crippen molar-refractivity contribution in [1.29, 1.82) is 0 Å². The Kier molecular flexibility index (Phi) is 16.3. The molecule has 4 atom stereocenters. The Bertz CT molecular complexity index is 1400. The highest BCUT2D eigenvalue weighted by Crippen LogP contribution is 2.37. The average molecular weight is 748 g/mol. The van der Waals surface area contributed by atoms with E-state index >= 15 is 0 Å². The van der Waals surface area contributed by atoms with Gasteiger partial charge in [0.1, 0.15) is 0 Å². The lowest BCUT2D eigenvalue weighted by Gasteiger charge is -2.26. The zero-order chi connectivity index (χ0) is 40.4. The minimum atomic E-state index is -0.428. The summed E-state index contributed by atoms with van der Waals surface area (Å²) in [5.74, 6) is 0.349. The highest BCUT2D eigenvalue weighted by Gasteiger charge is 2.35. The van der Waals surface area contributed by atoms with Crippen LogP contribution < -0.4 is 16.4 Å². The smallest absolute Gasteiger partial charge is 0.338 e. The number of esters is 2. The van der Waals surface area contributed by atoms with Crippen molar-refractivity contribution >= 4 is 23.8 Å². The molecule has 0 saturated heterocycles. The number of rotatable bonds is 16. The molecule has 0 heterocycles. The molecule has 4 rings (SSSR count). The van der Waals surface area contributed by atoms with Gasteiger partial charge < -0.3 is 25.8 Å². The molecular formula is C45H69N3O6. The van der Waals surface area contributed by atoms with Gasteiger partial charge in [0.05, 0.1) is 41.5 Å². The summed E-state index contributed by atoms with van der Waals surface area (Å²) in [4.78, 5) is 49.2. The maximum absolute atomic E-state index is 12.6. The molecule has 2 aliphatic rings. The highest BCUT2D eigenvalue weighted by molar-refractivity contribution is 5.90. The minimum Gasteiger partial charge on any atom is -0.459 e. The summed E-state index contributed by atoms with van der Waals surface area (Å²) in [6, 6.07) is 14.2. The molecular weight excluding hydrogens is 679 g/mol. The van der Waals surface area contributed by atoms with E-state index in [0.717, 1.165) is 62.5 Å². The van der Waals surface area contributed by atoms with E-state index < -0.39 is 6.04 Å². The van der Waals surface area contributed by atoms with E-state index in [2.05, 4.69) is 52.2 Å². The van der Waals surface area contributed by atoms with Gasteiger partial charge in [0.2, 0.25) is 11.8 Å². The van der Waals surface area contributed by atoms with Gasteiger partial charge in [-0.25, -0.2) is 9.59 Å². The van der Waals surface area contributed by atoms with Crippen molar-refractivity contribution in [2.24, 2.45) is 34.3 Å². The highest BCUT2D eigenvalue weighted by atomic mass is 16.5. The lowest BCUT2D eigenvalue weighted by Crippen LogP contribution is -2.43. The summed E-state index contributed by atoms with van der Waals surface area (Å²) in [7, 11) is 0. The van der Waals surface area contributed by atoms with E-state index in [9.17, 15) is 19.2 Å². The van der Waals surface area contributed by atoms with Crippen molar-refractivity contribution in [3.8, 4) is 0 Å². The van der Waals surface area contributed by atoms with Crippen LogP contribution in [0.5, 0.6) is 0 Å². The molecule has 9 nitrogen and oxygen atoms in total. The first kappa shape index (κ1) is 44.7. The Hall–Kier alpha value is -3.72. The third-order valence-corrected chi connectivity index (χ3v) is 9.96. The number of hydrogen-bond donors (Lipinski definition) is 3. The predicted molar refractivity (Wildman–Crippen MR) is 216 cm³/mol. The molecule has 2 fully saturated rings. The van der Waals surface area contributed by atoms with Crippen LogP contribution >= 0.6 is 0 Å². The first-order valence-electron chi connectivity index (χ1n) is 20.1. The van der Waals surface area contributed by atoms with Gasteiger partial charge in [-0.3, -0.25) is 9.59 Å². The fourth-order valence-corrected chi connectivity index (χ4v) is 6.12. The van der Waals surface area contributed by atoms with E-state index in [0.29, 0.717) is 23.0 Å². The molecule has 300 valence electrons. The van der Waals surface area contributed by atoms with Crippen LogP contribution in [0.2, 0.25) is 0 Å². The number of nitrogens with one attached hydrogen (secondary N) is 2. The zero-order valence-electron chi connectivity index (χ0n) is 34.9. The number of amides is 2. The van der Waals surface area contributed by atoms with Gasteiger partial charge in [-0.15, -0.1) is 0 Å². The summed E-state index contributed by atoms with van der Waals surface area (Å²) < 4.78 is 10.5. The first-order valence-corrected chi connectivity index (χ1v) is 20.1. The number of nitrogens with two attached hydrogens (primary N) is 1. The molecule has 2 saturated carbocycles. The Morgan fingerprint density at radius 3 is 1.28 bits per heavy atom. The van der Waals surface area contributed by atoms with Crippen molar-refractivity contribution in [2.75, 3.05) is 0 Å². The van der Waals surface area contributed by atoms with Crippen molar-refractivity contribution in [3.63, 3.8) is 0 Å². The fraction of sp³-hybridized carbons (Fsp3) is 0.644. The lowest BCUT2D eigenvalue weighted by molar-refractivity contribution is -0.126. The van der Waals surface area contributed by atoms with Crippen molar-refractivity contribution in [1.82, 2.24) is 10.6 Å². The number of ether oxygens (including phenoxy) is 2. The van der Waals surface area contributed by atoms with E-state index in [1.54, 1.807) is 24.3 Å². The van der Waals surface area contributed by atoms with Crippen molar-refractivity contribution in [2.45, 2.75) is 158 Å². The topological polar surface area (TPSA) is 137 Å². The first-order chi connectivity index (χ1) is 25.1. The van der Waals surface area contributed by atoms with E-state index in [1.165, 1.54) is 0 Å². The maximum Gasteiger partial charge on any atom is 0.338 e. The van der Waals surface area contributed by atoms with Crippen molar-refractivity contribution in [3.05, 3.63) is 70.8 Å². The standard InChI is InChI=1S/C23H35NO3.C22H34N2O3/c1-15(2)27-22(26)19-11-9-18(10-12-19)20(13-14-23(4,5)6)24-21(25)16(3)17-7-8-17;1-14(2)27-21(26)17-10-6-15(7-11-17)18(12-13-22(3,4)5)24-20(25)19(23)16-8-9-16/h9-12,15-17,20H,7-8,13-14H2,1-6H3,(H,24,25);6-7,10-11,14,16,18-19H,8-9,12-13,23H2,1-5H3,(H,24,25)/t16-,20+;18-,19+/m01/s1. The van der Waals surface area contributed by atoms with Crippen LogP contribution in [0.4, 0.5) is 0 Å². The molecule has 0 unspecified atom stereocenters. The quantitative estimate of drug-likeness (QED) is 0.146. The SMILES string of the molecule is CC(C)OC(=O)c1ccc([C@@H](CCC(C)(C)C)NC(=O)[C@@H](C)C2CC2)cc1.CC(C)OC(=O)c1ccc([C@@H](CCC(C)(C)C)NC(=O)[C@@H](N)C2CC2)cc1. The molecule has 0 bridgehead atoms. The maximum atomic E-state index is 12.6. The third kappa shape index (κ3) is 15.9. The number of carbonyl (C=O) groups excluding carboxylic acids is 4. The van der Waals surface area contributed by atoms with Gasteiger partial charge in [0.15, 0.2) is 0 Å². The van der Waals surface area contributed by atoms with Gasteiger partial charge in [0, 0.05) is 5.92 Å². The van der Waals surface area contributed by atoms with Crippen LogP contribution in [0.1, 0.15) is 171 Å². The van der Waals surface area contributed by atoms with E-state index in [4.69, 9.17) is 15.2 Å². The predicted octanol–water partition coefficient (Wildman–Crippen LogP) is 9.25. The Balaban J connectivity index is 0.000000290. The fourth-order valence-electron chi connectivity index (χ4n) is 6.12. The molecule has 54 heavy (non-hydrogen) atoms. The van der Waals surface area contributed by atoms with Crippen LogP contribution in [-0.2, 0) is 19.1 Å². The van der Waals surface area contributed by atoms with Gasteiger partial charge in [-0.05, 0) is 137 Å². The number of benzene rings is 2. The van der Waals surface area contributed by atoms with Crippen LogP contribution in [0.15, 0.2) is 48.5 Å². The second-order valence-electron chi connectivity index (χ2n) is 18.5. The Morgan fingerprint density at radius 1 is 0.611 bits per heavy atom. The summed E-state index contributed by atoms with van der Waals surface area (Å²) in [6.45, 7) is 22.6. The van der Waals surface area contributed by atoms with Crippen LogP contribution in [-0.4, -0.2) is 42.0 Å². The van der Waals surface area contributed by atoms with Gasteiger partial charge >= 0.3 is 11.9 Å². The molecule has 9 heteroatoms. The largest absolute Gasteiger partial charge is 0.459 e. The lowest BCUT2D eigenvalue weighted by atomic mass is 9.87. The summed E-state index contributed by atoms with van der Waals surface area (Å²) in [6.07, 6.45) is 7.77. The normalized spacial score (nSPS) is 16.7. The van der Waals surface area contributed by atoms with Gasteiger partial charge in [-0.2, -0.15) is 0 Å². The Labute approximate surface area is 325 Å². The second-order valence-corrected chi connectivity index (χ2v) is 18.5. The Morgan fingerprint density at radius 2 is 0.963 bits per heavy atom. The van der Waals surface area contributed by atoms with E-state index in [-0.39, 0.29) is 64.8 Å². The van der Waals surface area contributed by atoms with Crippen LogP contribution in [0.25, 0.3) is 0 Å². The van der Waals surface area contributed by atoms with Crippen LogP contribution in [0.3, 0.4) is 0 Å². The summed E-state index contributed by atoms with van der Waals surface area (Å²) in [5, 5.41) is 6.38. The molecule has 2 amide bonds. The molecule has 0 aromatic heterocycles. The number of carbonyl (C=O) groups is 4. The molecule has 0 spiro atoms. The van der Waals surface area contributed by atoms with Crippen molar-refractivity contribution < 1.29 is 28.7 Å². The number of hydrogen-bond acceptors (Lipinski definition) is 7. The molecule has 2 aromatic rings. The molecule has 4 N–H and O–H groups in total. The summed E-state index contributed by atoms with van der Waals surface area (Å²) in [5.41, 5.74) is 9.52. The second kappa shape index (κ2) is 19.7.